The van der Waals surface area contributed by atoms with Crippen molar-refractivity contribution < 1.29 is 13.2 Å². The van der Waals surface area contributed by atoms with Crippen LogP contribution in [0.15, 0.2) is 0 Å². The Morgan fingerprint density at radius 1 is 1.47 bits per heavy atom. The molecule has 0 saturated heterocycles. The summed E-state index contributed by atoms with van der Waals surface area (Å²) < 4.78 is 28.3. The molecular formula is C12H22N2O3S2. The van der Waals surface area contributed by atoms with Crippen LogP contribution >= 0.6 is 11.3 Å². The third kappa shape index (κ3) is 4.83. The number of nitrogens with zero attached hydrogens (tertiary/aromatic N) is 1. The van der Waals surface area contributed by atoms with E-state index in [9.17, 15) is 8.42 Å². The van der Waals surface area contributed by atoms with Crippen molar-refractivity contribution in [3.8, 4) is 0 Å². The molecule has 1 unspecified atom stereocenters. The van der Waals surface area contributed by atoms with Gasteiger partial charge in [-0.05, 0) is 19.9 Å². The summed E-state index contributed by atoms with van der Waals surface area (Å²) in [4.78, 5) is 5.48. The van der Waals surface area contributed by atoms with Crippen molar-refractivity contribution in [3.63, 3.8) is 0 Å². The van der Waals surface area contributed by atoms with E-state index < -0.39 is 15.1 Å². The van der Waals surface area contributed by atoms with Gasteiger partial charge in [0.2, 0.25) is 0 Å². The molecule has 0 spiro atoms. The number of ether oxygens (including phenoxy) is 1. The maximum absolute atomic E-state index is 11.6. The fourth-order valence-electron chi connectivity index (χ4n) is 1.53. The second-order valence-corrected chi connectivity index (χ2v) is 7.98. The van der Waals surface area contributed by atoms with Crippen LogP contribution in [0.25, 0.3) is 0 Å². The fourth-order valence-corrected chi connectivity index (χ4v) is 3.59. The highest BCUT2D eigenvalue weighted by Crippen LogP contribution is 2.28. The van der Waals surface area contributed by atoms with E-state index in [4.69, 9.17) is 4.74 Å². The van der Waals surface area contributed by atoms with E-state index in [1.54, 1.807) is 14.0 Å². The molecular weight excluding hydrogens is 284 g/mol. The molecule has 7 heteroatoms. The Labute approximate surface area is 119 Å². The quantitative estimate of drug-likeness (QED) is 0.743. The first-order valence-electron chi connectivity index (χ1n) is 6.27. The van der Waals surface area contributed by atoms with Gasteiger partial charge < -0.3 is 10.1 Å². The normalized spacial score (nSPS) is 13.7. The third-order valence-corrected chi connectivity index (χ3v) is 5.72. The largest absolute Gasteiger partial charge is 0.378 e. The van der Waals surface area contributed by atoms with Gasteiger partial charge in [-0.15, -0.1) is 11.3 Å². The lowest BCUT2D eigenvalue weighted by molar-refractivity contribution is 0.181. The molecule has 1 atom stereocenters. The molecule has 0 fully saturated rings. The van der Waals surface area contributed by atoms with Gasteiger partial charge in [0, 0.05) is 24.8 Å². The molecule has 19 heavy (non-hydrogen) atoms. The molecule has 1 rings (SSSR count). The lowest BCUT2D eigenvalue weighted by atomic mass is 10.3. The molecule has 1 N–H and O–H groups in total. The molecule has 1 heterocycles. The molecule has 1 aromatic heterocycles. The second kappa shape index (κ2) is 7.33. The Bertz CT molecular complexity index is 497. The zero-order valence-electron chi connectivity index (χ0n) is 11.9. The van der Waals surface area contributed by atoms with Gasteiger partial charge in [-0.1, -0.05) is 6.92 Å². The minimum absolute atomic E-state index is 0.413. The van der Waals surface area contributed by atoms with Crippen molar-refractivity contribution in [2.45, 2.75) is 38.7 Å². The van der Waals surface area contributed by atoms with Crippen molar-refractivity contribution in [1.29, 1.82) is 0 Å². The molecule has 0 aromatic carbocycles. The number of hydrogen-bond acceptors (Lipinski definition) is 6. The summed E-state index contributed by atoms with van der Waals surface area (Å²) in [5, 5.41) is 3.39. The predicted octanol–water partition coefficient (Wildman–Crippen LogP) is 1.89. The van der Waals surface area contributed by atoms with Crippen molar-refractivity contribution in [2.24, 2.45) is 0 Å². The van der Waals surface area contributed by atoms with Crippen LogP contribution in [-0.4, -0.2) is 33.3 Å². The maximum Gasteiger partial charge on any atom is 0.156 e. The van der Waals surface area contributed by atoms with Crippen molar-refractivity contribution in [2.75, 3.05) is 19.9 Å². The number of nitrogens with one attached hydrogen (secondary N) is 1. The molecule has 110 valence electrons. The zero-order chi connectivity index (χ0) is 14.5. The minimum Gasteiger partial charge on any atom is -0.378 e. The van der Waals surface area contributed by atoms with Gasteiger partial charge in [-0.2, -0.15) is 0 Å². The summed E-state index contributed by atoms with van der Waals surface area (Å²) in [5.41, 5.74) is 0.835. The van der Waals surface area contributed by atoms with Crippen LogP contribution in [-0.2, 0) is 27.7 Å². The predicted molar refractivity (Wildman–Crippen MR) is 78.1 cm³/mol. The summed E-state index contributed by atoms with van der Waals surface area (Å²) in [6.07, 6.45) is 2.30. The molecule has 0 aliphatic carbocycles. The summed E-state index contributed by atoms with van der Waals surface area (Å²) >= 11 is 1.45. The molecule has 0 amide bonds. The van der Waals surface area contributed by atoms with Gasteiger partial charge in [-0.25, -0.2) is 13.4 Å². The smallest absolute Gasteiger partial charge is 0.156 e. The SMILES string of the molecule is CCCNCc1sc(C(C)S(C)(=O)=O)nc1COC. The number of aromatic nitrogens is 1. The number of methoxy groups -OCH3 is 1. The summed E-state index contributed by atoms with van der Waals surface area (Å²) in [6, 6.07) is 0. The average Bonchev–Trinajstić information content (AvgIpc) is 2.71. The number of sulfone groups is 1. The third-order valence-electron chi connectivity index (χ3n) is 2.78. The number of rotatable bonds is 8. The highest BCUT2D eigenvalue weighted by atomic mass is 32.2. The fraction of sp³-hybridized carbons (Fsp3) is 0.750. The van der Waals surface area contributed by atoms with Crippen LogP contribution in [0.3, 0.4) is 0 Å². The zero-order valence-corrected chi connectivity index (χ0v) is 13.5. The van der Waals surface area contributed by atoms with E-state index in [0.717, 1.165) is 23.5 Å². The van der Waals surface area contributed by atoms with Crippen LogP contribution < -0.4 is 5.32 Å². The van der Waals surface area contributed by atoms with E-state index in [2.05, 4.69) is 17.2 Å². The maximum atomic E-state index is 11.6. The second-order valence-electron chi connectivity index (χ2n) is 4.50. The first-order chi connectivity index (χ1) is 8.90. The molecule has 5 nitrogen and oxygen atoms in total. The van der Waals surface area contributed by atoms with Gasteiger partial charge in [0.05, 0.1) is 12.3 Å². The summed E-state index contributed by atoms with van der Waals surface area (Å²) in [6.45, 7) is 5.83. The lowest BCUT2D eigenvalue weighted by Crippen LogP contribution is -2.14. The molecule has 1 aromatic rings. The highest BCUT2D eigenvalue weighted by molar-refractivity contribution is 7.91. The molecule has 0 radical (unpaired) electrons. The van der Waals surface area contributed by atoms with E-state index in [1.807, 2.05) is 0 Å². The summed E-state index contributed by atoms with van der Waals surface area (Å²) in [5.74, 6) is 0. The van der Waals surface area contributed by atoms with Crippen LogP contribution in [0.5, 0.6) is 0 Å². The van der Waals surface area contributed by atoms with Gasteiger partial charge >= 0.3 is 0 Å². The molecule has 0 bridgehead atoms. The van der Waals surface area contributed by atoms with Crippen molar-refractivity contribution in [3.05, 3.63) is 15.6 Å². The monoisotopic (exact) mass is 306 g/mol. The Balaban J connectivity index is 2.93. The van der Waals surface area contributed by atoms with E-state index >= 15 is 0 Å². The van der Waals surface area contributed by atoms with Gasteiger partial charge in [-0.3, -0.25) is 0 Å². The van der Waals surface area contributed by atoms with Crippen molar-refractivity contribution in [1.82, 2.24) is 10.3 Å². The topological polar surface area (TPSA) is 68.3 Å². The van der Waals surface area contributed by atoms with Gasteiger partial charge in [0.25, 0.3) is 0 Å². The van der Waals surface area contributed by atoms with Crippen LogP contribution in [0, 0.1) is 0 Å². The first kappa shape index (κ1) is 16.6. The van der Waals surface area contributed by atoms with Gasteiger partial charge in [0.1, 0.15) is 10.3 Å². The number of hydrogen-bond donors (Lipinski definition) is 1. The molecule has 0 aliphatic heterocycles. The van der Waals surface area contributed by atoms with E-state index in [0.29, 0.717) is 18.2 Å². The van der Waals surface area contributed by atoms with E-state index in [-0.39, 0.29) is 0 Å². The summed E-state index contributed by atoms with van der Waals surface area (Å²) in [7, 11) is -1.50. The lowest BCUT2D eigenvalue weighted by Gasteiger charge is -2.04. The number of thiazole rings is 1. The average molecular weight is 306 g/mol. The first-order valence-corrected chi connectivity index (χ1v) is 9.04. The Hall–Kier alpha value is -0.500. The molecule has 0 aliphatic rings. The standard InChI is InChI=1S/C12H22N2O3S2/c1-5-6-13-7-11-10(8-17-3)14-12(18-11)9(2)19(4,15)16/h9,13H,5-8H2,1-4H3. The Kier molecular flexibility index (Phi) is 6.38. The Morgan fingerprint density at radius 3 is 2.68 bits per heavy atom. The van der Waals surface area contributed by atoms with E-state index in [1.165, 1.54) is 17.6 Å². The van der Waals surface area contributed by atoms with Crippen LogP contribution in [0.1, 0.15) is 41.1 Å². The highest BCUT2D eigenvalue weighted by Gasteiger charge is 2.23. The molecule has 0 saturated carbocycles. The van der Waals surface area contributed by atoms with Gasteiger partial charge in [0.15, 0.2) is 9.84 Å². The van der Waals surface area contributed by atoms with Crippen molar-refractivity contribution >= 4 is 21.2 Å². The Morgan fingerprint density at radius 2 is 2.16 bits per heavy atom. The van der Waals surface area contributed by atoms with Crippen LogP contribution in [0.2, 0.25) is 0 Å². The van der Waals surface area contributed by atoms with Crippen LogP contribution in [0.4, 0.5) is 0 Å². The minimum atomic E-state index is -3.11.